The lowest BCUT2D eigenvalue weighted by Crippen LogP contribution is -2.52. The number of carbonyl (C=O) groups is 3. The van der Waals surface area contributed by atoms with E-state index in [0.29, 0.717) is 18.5 Å². The van der Waals surface area contributed by atoms with Crippen LogP contribution in [0.4, 0.5) is 10.5 Å². The summed E-state index contributed by atoms with van der Waals surface area (Å²) >= 11 is 0. The van der Waals surface area contributed by atoms with Gasteiger partial charge in [0.05, 0.1) is 18.6 Å². The number of rotatable bonds is 16. The molecule has 0 heterocycles. The predicted octanol–water partition coefficient (Wildman–Crippen LogP) is 4.83. The van der Waals surface area contributed by atoms with E-state index in [1.807, 2.05) is 67.6 Å². The molecule has 3 atom stereocenters. The van der Waals surface area contributed by atoms with E-state index in [1.165, 1.54) is 35.7 Å². The van der Waals surface area contributed by atoms with Gasteiger partial charge in [-0.1, -0.05) is 60.7 Å². The molecule has 0 aromatic heterocycles. The summed E-state index contributed by atoms with van der Waals surface area (Å²) in [7, 11) is -2.84. The molecule has 2 amide bonds. The second kappa shape index (κ2) is 17.5. The first-order valence-electron chi connectivity index (χ1n) is 15.7. The van der Waals surface area contributed by atoms with Crippen molar-refractivity contribution >= 4 is 33.7 Å². The molecular weight excluding hydrogens is 620 g/mol. The van der Waals surface area contributed by atoms with Crippen molar-refractivity contribution in [1.82, 2.24) is 14.9 Å². The van der Waals surface area contributed by atoms with Crippen molar-refractivity contribution in [3.05, 3.63) is 96.1 Å². The van der Waals surface area contributed by atoms with Crippen LogP contribution in [0.5, 0.6) is 0 Å². The number of methoxy groups -OCH3 is 1. The van der Waals surface area contributed by atoms with E-state index in [9.17, 15) is 22.8 Å². The Morgan fingerprint density at radius 3 is 1.87 bits per heavy atom. The summed E-state index contributed by atoms with van der Waals surface area (Å²) in [5.41, 5.74) is 7.84. The second-order valence-corrected chi connectivity index (χ2v) is 13.4. The van der Waals surface area contributed by atoms with Crippen molar-refractivity contribution in [2.75, 3.05) is 19.5 Å². The highest BCUT2D eigenvalue weighted by molar-refractivity contribution is 7.89. The summed E-state index contributed by atoms with van der Waals surface area (Å²) in [6, 6.07) is 21.6. The van der Waals surface area contributed by atoms with Gasteiger partial charge in [0, 0.05) is 23.7 Å². The van der Waals surface area contributed by atoms with Crippen molar-refractivity contribution in [1.29, 1.82) is 0 Å². The molecule has 47 heavy (non-hydrogen) atoms. The van der Waals surface area contributed by atoms with Crippen molar-refractivity contribution in [2.24, 2.45) is 0 Å². The van der Waals surface area contributed by atoms with E-state index in [1.54, 1.807) is 20.8 Å². The first-order valence-corrected chi connectivity index (χ1v) is 17.1. The Hall–Kier alpha value is -4.42. The smallest absolute Gasteiger partial charge is 0.407 e. The summed E-state index contributed by atoms with van der Waals surface area (Å²) < 4.78 is 38.8. The summed E-state index contributed by atoms with van der Waals surface area (Å²) in [4.78, 5) is 39.5. The number of anilines is 1. The normalized spacial score (nSPS) is 13.5. The Kier molecular flexibility index (Phi) is 13.8. The summed E-state index contributed by atoms with van der Waals surface area (Å²) in [6.07, 6.45) is 0.220. The number of benzene rings is 3. The fourth-order valence-corrected chi connectivity index (χ4v) is 7.37. The number of hydrogen-bond acceptors (Lipinski definition) is 8. The number of nitrogens with two attached hydrogens (primary N) is 1. The SMILES string of the molecule is CCOC(=O)[C@H](CCC[C@H](C)NC(=O)[C@@H](NC(=O)OC)C(c1ccccc1)c1ccccc1)N(C(C)C)S(=O)(=O)c1ccc(N)cc1. The van der Waals surface area contributed by atoms with Gasteiger partial charge in [0.25, 0.3) is 0 Å². The highest BCUT2D eigenvalue weighted by atomic mass is 32.2. The zero-order valence-corrected chi connectivity index (χ0v) is 28.4. The number of ether oxygens (including phenoxy) is 2. The van der Waals surface area contributed by atoms with Gasteiger partial charge in [-0.2, -0.15) is 4.31 Å². The van der Waals surface area contributed by atoms with Gasteiger partial charge in [-0.05, 0) is 82.3 Å². The topological polar surface area (TPSA) is 157 Å². The summed E-state index contributed by atoms with van der Waals surface area (Å²) in [5, 5.41) is 5.72. The lowest BCUT2D eigenvalue weighted by Gasteiger charge is -2.33. The third-order valence-corrected chi connectivity index (χ3v) is 9.82. The molecule has 12 heteroatoms. The number of nitrogens with zero attached hydrogens (tertiary/aromatic N) is 1. The monoisotopic (exact) mass is 666 g/mol. The molecule has 0 saturated heterocycles. The number of hydrogen-bond donors (Lipinski definition) is 3. The van der Waals surface area contributed by atoms with Gasteiger partial charge in [0.1, 0.15) is 12.1 Å². The molecule has 0 unspecified atom stereocenters. The number of amides is 2. The van der Waals surface area contributed by atoms with Crippen LogP contribution >= 0.6 is 0 Å². The second-order valence-electron chi connectivity index (χ2n) is 11.5. The molecular formula is C35H46N4O7S. The number of alkyl carbamates (subject to hydrolysis) is 1. The minimum atomic E-state index is -4.08. The van der Waals surface area contributed by atoms with Gasteiger partial charge in [-0.3, -0.25) is 9.59 Å². The summed E-state index contributed by atoms with van der Waals surface area (Å²) in [6.45, 7) is 6.98. The first kappa shape index (κ1) is 37.0. The number of nitrogen functional groups attached to an aromatic ring is 1. The predicted molar refractivity (Wildman–Crippen MR) is 181 cm³/mol. The van der Waals surface area contributed by atoms with Gasteiger partial charge < -0.3 is 25.8 Å². The Labute approximate surface area is 277 Å². The van der Waals surface area contributed by atoms with Gasteiger partial charge >= 0.3 is 12.1 Å². The minimum Gasteiger partial charge on any atom is -0.465 e. The van der Waals surface area contributed by atoms with E-state index in [-0.39, 0.29) is 24.0 Å². The van der Waals surface area contributed by atoms with Gasteiger partial charge in [0.15, 0.2) is 0 Å². The number of nitrogens with one attached hydrogen (secondary N) is 2. The van der Waals surface area contributed by atoms with E-state index in [2.05, 4.69) is 10.6 Å². The lowest BCUT2D eigenvalue weighted by molar-refractivity contribution is -0.148. The van der Waals surface area contributed by atoms with E-state index in [4.69, 9.17) is 15.2 Å². The Bertz CT molecular complexity index is 1510. The molecule has 0 spiro atoms. The Balaban J connectivity index is 1.81. The molecule has 0 saturated carbocycles. The summed E-state index contributed by atoms with van der Waals surface area (Å²) in [5.74, 6) is -1.58. The van der Waals surface area contributed by atoms with Crippen LogP contribution in [0.1, 0.15) is 64.0 Å². The maximum Gasteiger partial charge on any atom is 0.407 e. The van der Waals surface area contributed by atoms with Crippen molar-refractivity contribution < 1.29 is 32.3 Å². The average Bonchev–Trinajstić information content (AvgIpc) is 3.04. The molecule has 0 fully saturated rings. The molecule has 11 nitrogen and oxygen atoms in total. The zero-order chi connectivity index (χ0) is 34.6. The number of esters is 1. The van der Waals surface area contributed by atoms with E-state index >= 15 is 0 Å². The quantitative estimate of drug-likeness (QED) is 0.145. The molecule has 254 valence electrons. The largest absolute Gasteiger partial charge is 0.465 e. The number of carbonyl (C=O) groups excluding carboxylic acids is 3. The average molecular weight is 667 g/mol. The first-order chi connectivity index (χ1) is 22.4. The van der Waals surface area contributed by atoms with Crippen LogP contribution in [0, 0.1) is 0 Å². The van der Waals surface area contributed by atoms with E-state index < -0.39 is 52.0 Å². The highest BCUT2D eigenvalue weighted by Gasteiger charge is 2.39. The third-order valence-electron chi connectivity index (χ3n) is 7.73. The fourth-order valence-electron chi connectivity index (χ4n) is 5.56. The number of sulfonamides is 1. The third kappa shape index (κ3) is 10.0. The van der Waals surface area contributed by atoms with Gasteiger partial charge in [-0.15, -0.1) is 0 Å². The fraction of sp³-hybridized carbons (Fsp3) is 0.400. The highest BCUT2D eigenvalue weighted by Crippen LogP contribution is 2.29. The molecule has 3 rings (SSSR count). The zero-order valence-electron chi connectivity index (χ0n) is 27.6. The maximum absolute atomic E-state index is 13.8. The molecule has 4 N–H and O–H groups in total. The molecule has 3 aromatic carbocycles. The maximum atomic E-state index is 13.8. The molecule has 0 aliphatic rings. The lowest BCUT2D eigenvalue weighted by atomic mass is 9.84. The van der Waals surface area contributed by atoms with Gasteiger partial charge in [-0.25, -0.2) is 13.2 Å². The standard InChI is InChI=1S/C35H46N4O7S/c1-6-46-34(41)30(39(24(2)3)47(43,44)29-22-20-28(36)21-23-29)19-13-14-25(4)37-33(40)32(38-35(42)45-5)31(26-15-9-7-10-16-26)27-17-11-8-12-18-27/h7-12,15-18,20-25,30-32H,6,13-14,19,36H2,1-5H3,(H,37,40)(H,38,42)/t25-,30-,32-/m0/s1. The van der Waals surface area contributed by atoms with Crippen LogP contribution in [0.25, 0.3) is 0 Å². The van der Waals surface area contributed by atoms with Crippen LogP contribution < -0.4 is 16.4 Å². The molecule has 0 aliphatic carbocycles. The Morgan fingerprint density at radius 1 is 0.830 bits per heavy atom. The van der Waals surface area contributed by atoms with Crippen LogP contribution in [0.2, 0.25) is 0 Å². The molecule has 0 radical (unpaired) electrons. The van der Waals surface area contributed by atoms with E-state index in [0.717, 1.165) is 11.1 Å². The van der Waals surface area contributed by atoms with Gasteiger partial charge in [0.2, 0.25) is 15.9 Å². The minimum absolute atomic E-state index is 0.0193. The molecule has 3 aromatic rings. The van der Waals surface area contributed by atoms with Crippen LogP contribution in [0.15, 0.2) is 89.8 Å². The van der Waals surface area contributed by atoms with Crippen molar-refractivity contribution in [2.45, 2.75) is 81.9 Å². The molecule has 0 aliphatic heterocycles. The van der Waals surface area contributed by atoms with Crippen LogP contribution in [-0.4, -0.2) is 68.6 Å². The van der Waals surface area contributed by atoms with Crippen molar-refractivity contribution in [3.63, 3.8) is 0 Å². The van der Waals surface area contributed by atoms with Crippen LogP contribution in [0.3, 0.4) is 0 Å². The Morgan fingerprint density at radius 2 is 1.38 bits per heavy atom. The van der Waals surface area contributed by atoms with Crippen LogP contribution in [-0.2, 0) is 29.1 Å². The molecule has 0 bridgehead atoms. The van der Waals surface area contributed by atoms with Crippen molar-refractivity contribution in [3.8, 4) is 0 Å².